The number of carbonyl (C=O) groups excluding carboxylic acids is 1. The van der Waals surface area contributed by atoms with Crippen molar-refractivity contribution in [1.29, 1.82) is 0 Å². The van der Waals surface area contributed by atoms with Crippen LogP contribution in [0.25, 0.3) is 5.69 Å². The van der Waals surface area contributed by atoms with Crippen LogP contribution in [-0.4, -0.2) is 44.8 Å². The van der Waals surface area contributed by atoms with Crippen molar-refractivity contribution in [1.82, 2.24) is 14.7 Å². The average molecular weight is 383 g/mol. The summed E-state index contributed by atoms with van der Waals surface area (Å²) in [7, 11) is 0. The predicted octanol–water partition coefficient (Wildman–Crippen LogP) is 3.46. The van der Waals surface area contributed by atoms with Gasteiger partial charge in [0.05, 0.1) is 17.7 Å². The first-order chi connectivity index (χ1) is 12.6. The zero-order valence-electron chi connectivity index (χ0n) is 14.9. The van der Waals surface area contributed by atoms with Crippen LogP contribution in [0.15, 0.2) is 36.5 Å². The van der Waals surface area contributed by atoms with Gasteiger partial charge in [0.1, 0.15) is 0 Å². The summed E-state index contributed by atoms with van der Waals surface area (Å²) in [5, 5.41) is 12.9. The number of amides is 1. The van der Waals surface area contributed by atoms with Gasteiger partial charge in [0.15, 0.2) is 5.69 Å². The number of hydrogen-bond acceptors (Lipinski definition) is 3. The molecule has 0 aliphatic carbocycles. The second-order valence-electron chi connectivity index (χ2n) is 6.48. The van der Waals surface area contributed by atoms with Gasteiger partial charge in [-0.1, -0.05) is 19.9 Å². The summed E-state index contributed by atoms with van der Waals surface area (Å²) in [5.74, 6) is -1.37. The first kappa shape index (κ1) is 20.5. The third-order valence-corrected chi connectivity index (χ3v) is 3.71. The molecule has 0 bridgehead atoms. The molecule has 0 radical (unpaired) electrons. The van der Waals surface area contributed by atoms with Crippen molar-refractivity contribution in [2.75, 3.05) is 13.1 Å². The normalized spacial score (nSPS) is 11.6. The Hall–Kier alpha value is -2.84. The number of carbonyl (C=O) groups is 2. The Kier molecular flexibility index (Phi) is 6.24. The van der Waals surface area contributed by atoms with Crippen molar-refractivity contribution in [3.63, 3.8) is 0 Å². The van der Waals surface area contributed by atoms with Crippen molar-refractivity contribution < 1.29 is 27.9 Å². The smallest absolute Gasteiger partial charge is 0.416 e. The Balaban J connectivity index is 2.24. The number of aliphatic carboxylic acids is 1. The summed E-state index contributed by atoms with van der Waals surface area (Å²) < 4.78 is 39.8. The summed E-state index contributed by atoms with van der Waals surface area (Å²) in [4.78, 5) is 24.8. The number of rotatable bonds is 7. The number of carboxylic acid groups (broad SMARTS) is 1. The number of carboxylic acids is 1. The molecule has 6 nitrogen and oxygen atoms in total. The molecule has 0 aliphatic rings. The SMILES string of the molecule is CC(C)CN(CCC(=O)O)C(=O)c1ccn(-c2cccc(C(F)(F)F)c2)n1. The number of benzene rings is 1. The van der Waals surface area contributed by atoms with Crippen molar-refractivity contribution in [3.8, 4) is 5.69 Å². The van der Waals surface area contributed by atoms with E-state index in [1.807, 2.05) is 13.8 Å². The Morgan fingerprint density at radius 1 is 1.26 bits per heavy atom. The minimum absolute atomic E-state index is 0.0305. The van der Waals surface area contributed by atoms with Gasteiger partial charge in [-0.2, -0.15) is 18.3 Å². The lowest BCUT2D eigenvalue weighted by Crippen LogP contribution is -2.36. The molecule has 2 rings (SSSR count). The van der Waals surface area contributed by atoms with E-state index in [-0.39, 0.29) is 30.3 Å². The molecule has 0 saturated heterocycles. The van der Waals surface area contributed by atoms with Gasteiger partial charge in [-0.25, -0.2) is 4.68 Å². The summed E-state index contributed by atoms with van der Waals surface area (Å²) in [6.45, 7) is 4.16. The maximum absolute atomic E-state index is 12.9. The van der Waals surface area contributed by atoms with Crippen LogP contribution >= 0.6 is 0 Å². The Morgan fingerprint density at radius 2 is 1.96 bits per heavy atom. The molecule has 1 aromatic carbocycles. The van der Waals surface area contributed by atoms with Gasteiger partial charge in [-0.3, -0.25) is 9.59 Å². The van der Waals surface area contributed by atoms with Gasteiger partial charge in [-0.15, -0.1) is 0 Å². The van der Waals surface area contributed by atoms with Crippen LogP contribution < -0.4 is 0 Å². The fourth-order valence-corrected chi connectivity index (χ4v) is 2.52. The molecule has 1 aromatic heterocycles. The molecule has 1 N–H and O–H groups in total. The summed E-state index contributed by atoms with van der Waals surface area (Å²) in [6.07, 6.45) is -3.28. The number of halogens is 3. The molecule has 146 valence electrons. The summed E-state index contributed by atoms with van der Waals surface area (Å²) in [6, 6.07) is 6.01. The van der Waals surface area contributed by atoms with E-state index in [1.165, 1.54) is 34.0 Å². The molecule has 0 atom stereocenters. The maximum atomic E-state index is 12.9. The van der Waals surface area contributed by atoms with Crippen LogP contribution in [0.4, 0.5) is 13.2 Å². The molecule has 9 heteroatoms. The van der Waals surface area contributed by atoms with Gasteiger partial charge in [-0.05, 0) is 30.2 Å². The van der Waals surface area contributed by atoms with E-state index in [0.29, 0.717) is 6.54 Å². The molecular formula is C18H20F3N3O3. The molecule has 0 saturated carbocycles. The zero-order chi connectivity index (χ0) is 20.2. The lowest BCUT2D eigenvalue weighted by molar-refractivity contribution is -0.138. The fourth-order valence-electron chi connectivity index (χ4n) is 2.52. The summed E-state index contributed by atoms with van der Waals surface area (Å²) in [5.41, 5.74) is -0.602. The minimum atomic E-state index is -4.48. The number of hydrogen-bond donors (Lipinski definition) is 1. The molecular weight excluding hydrogens is 363 g/mol. The van der Waals surface area contributed by atoms with E-state index in [2.05, 4.69) is 5.10 Å². The van der Waals surface area contributed by atoms with Gasteiger partial charge in [0.2, 0.25) is 0 Å². The van der Waals surface area contributed by atoms with Crippen LogP contribution in [0.3, 0.4) is 0 Å². The maximum Gasteiger partial charge on any atom is 0.416 e. The van der Waals surface area contributed by atoms with E-state index < -0.39 is 23.6 Å². The first-order valence-corrected chi connectivity index (χ1v) is 8.32. The molecule has 0 aliphatic heterocycles. The Bertz CT molecular complexity index is 815. The average Bonchev–Trinajstić information content (AvgIpc) is 3.07. The van der Waals surface area contributed by atoms with E-state index in [4.69, 9.17) is 5.11 Å². The van der Waals surface area contributed by atoms with Crippen molar-refractivity contribution in [2.24, 2.45) is 5.92 Å². The van der Waals surface area contributed by atoms with E-state index >= 15 is 0 Å². The molecule has 0 spiro atoms. The highest BCUT2D eigenvalue weighted by Crippen LogP contribution is 2.30. The largest absolute Gasteiger partial charge is 0.481 e. The molecule has 27 heavy (non-hydrogen) atoms. The zero-order valence-corrected chi connectivity index (χ0v) is 14.9. The van der Waals surface area contributed by atoms with Crippen LogP contribution in [0, 0.1) is 5.92 Å². The van der Waals surface area contributed by atoms with Crippen molar-refractivity contribution in [3.05, 3.63) is 47.8 Å². The molecule has 2 aromatic rings. The van der Waals surface area contributed by atoms with Gasteiger partial charge in [0, 0.05) is 19.3 Å². The van der Waals surface area contributed by atoms with Gasteiger partial charge in [0.25, 0.3) is 5.91 Å². The highest BCUT2D eigenvalue weighted by molar-refractivity contribution is 5.92. The second kappa shape index (κ2) is 8.24. The van der Waals surface area contributed by atoms with Crippen LogP contribution in [0.5, 0.6) is 0 Å². The minimum Gasteiger partial charge on any atom is -0.481 e. The summed E-state index contributed by atoms with van der Waals surface area (Å²) >= 11 is 0. The topological polar surface area (TPSA) is 75.4 Å². The number of alkyl halides is 3. The van der Waals surface area contributed by atoms with Gasteiger partial charge >= 0.3 is 12.1 Å². The van der Waals surface area contributed by atoms with Crippen LogP contribution in [0.2, 0.25) is 0 Å². The van der Waals surface area contributed by atoms with Crippen molar-refractivity contribution in [2.45, 2.75) is 26.4 Å². The monoisotopic (exact) mass is 383 g/mol. The Morgan fingerprint density at radius 3 is 2.56 bits per heavy atom. The fraction of sp³-hybridized carbons (Fsp3) is 0.389. The quantitative estimate of drug-likeness (QED) is 0.795. The van der Waals surface area contributed by atoms with Crippen LogP contribution in [0.1, 0.15) is 36.3 Å². The number of nitrogens with zero attached hydrogens (tertiary/aromatic N) is 3. The van der Waals surface area contributed by atoms with Gasteiger partial charge < -0.3 is 10.0 Å². The van der Waals surface area contributed by atoms with E-state index in [0.717, 1.165) is 12.1 Å². The highest BCUT2D eigenvalue weighted by atomic mass is 19.4. The molecule has 0 unspecified atom stereocenters. The standard InChI is InChI=1S/C18H20F3N3O3/c1-12(2)11-23(8-7-16(25)26)17(27)15-6-9-24(22-15)14-5-3-4-13(10-14)18(19,20)21/h3-6,9-10,12H,7-8,11H2,1-2H3,(H,25,26). The second-order valence-corrected chi connectivity index (χ2v) is 6.48. The highest BCUT2D eigenvalue weighted by Gasteiger charge is 2.30. The first-order valence-electron chi connectivity index (χ1n) is 8.32. The van der Waals surface area contributed by atoms with Crippen molar-refractivity contribution >= 4 is 11.9 Å². The lowest BCUT2D eigenvalue weighted by atomic mass is 10.2. The molecule has 0 fully saturated rings. The van der Waals surface area contributed by atoms with E-state index in [1.54, 1.807) is 0 Å². The Labute approximate surface area is 154 Å². The number of aromatic nitrogens is 2. The lowest BCUT2D eigenvalue weighted by Gasteiger charge is -2.23. The third kappa shape index (κ3) is 5.57. The predicted molar refractivity (Wildman–Crippen MR) is 91.6 cm³/mol. The molecule has 1 amide bonds. The molecule has 1 heterocycles. The van der Waals surface area contributed by atoms with Crippen LogP contribution in [-0.2, 0) is 11.0 Å². The third-order valence-electron chi connectivity index (χ3n) is 3.71. The van der Waals surface area contributed by atoms with E-state index in [9.17, 15) is 22.8 Å².